The number of pyridine rings is 1. The van der Waals surface area contributed by atoms with Gasteiger partial charge in [0.25, 0.3) is 11.5 Å². The quantitative estimate of drug-likeness (QED) is 0.747. The lowest BCUT2D eigenvalue weighted by Gasteiger charge is -2.28. The molecule has 1 amide bonds. The first-order valence-corrected chi connectivity index (χ1v) is 8.72. The highest BCUT2D eigenvalue weighted by molar-refractivity contribution is 7.09. The van der Waals surface area contributed by atoms with Crippen LogP contribution in [0, 0.1) is 0 Å². The Morgan fingerprint density at radius 1 is 1.52 bits per heavy atom. The Morgan fingerprint density at radius 3 is 3.08 bits per heavy atom. The molecule has 128 valence electrons. The van der Waals surface area contributed by atoms with Crippen LogP contribution in [0.3, 0.4) is 0 Å². The highest BCUT2D eigenvalue weighted by atomic mass is 32.1. The van der Waals surface area contributed by atoms with Gasteiger partial charge >= 0.3 is 0 Å². The third kappa shape index (κ3) is 2.29. The highest BCUT2D eigenvalue weighted by Crippen LogP contribution is 2.38. The Labute approximate surface area is 146 Å². The Morgan fingerprint density at radius 2 is 2.36 bits per heavy atom. The third-order valence-corrected chi connectivity index (χ3v) is 5.05. The van der Waals surface area contributed by atoms with Crippen molar-refractivity contribution in [2.45, 2.75) is 13.0 Å². The van der Waals surface area contributed by atoms with Crippen LogP contribution in [-0.2, 0) is 0 Å². The molecule has 1 aromatic carbocycles. The van der Waals surface area contributed by atoms with Crippen LogP contribution in [-0.4, -0.2) is 33.7 Å². The van der Waals surface area contributed by atoms with E-state index in [9.17, 15) is 14.7 Å². The molecule has 4 rings (SSSR count). The summed E-state index contributed by atoms with van der Waals surface area (Å²) < 4.78 is 7.30. The van der Waals surface area contributed by atoms with E-state index in [-0.39, 0.29) is 17.9 Å². The second-order valence-electron chi connectivity index (χ2n) is 5.61. The second-order valence-corrected chi connectivity index (χ2v) is 6.53. The number of ether oxygens (including phenoxy) is 1. The molecule has 0 radical (unpaired) electrons. The molecule has 0 saturated carbocycles. The maximum Gasteiger partial charge on any atom is 0.268 e. The number of nitrogens with zero attached hydrogens (tertiary/aromatic N) is 2. The average molecular weight is 357 g/mol. The molecule has 3 heterocycles. The summed E-state index contributed by atoms with van der Waals surface area (Å²) in [5, 5.41) is 16.1. The van der Waals surface area contributed by atoms with Crippen molar-refractivity contribution in [1.29, 1.82) is 0 Å². The van der Waals surface area contributed by atoms with Gasteiger partial charge in [0.1, 0.15) is 34.7 Å². The number of carbonyl (C=O) groups excluding carboxylic acids is 1. The molecule has 0 aliphatic carbocycles. The fraction of sp³-hybridized carbons (Fsp3) is 0.235. The van der Waals surface area contributed by atoms with Gasteiger partial charge in [-0.2, -0.15) is 0 Å². The summed E-state index contributed by atoms with van der Waals surface area (Å²) >= 11 is 1.41. The van der Waals surface area contributed by atoms with Crippen LogP contribution in [0.2, 0.25) is 0 Å². The molecule has 2 aromatic heterocycles. The molecule has 1 aliphatic rings. The maximum atomic E-state index is 13.1. The Bertz CT molecular complexity index is 1030. The predicted molar refractivity (Wildman–Crippen MR) is 93.6 cm³/mol. The van der Waals surface area contributed by atoms with Crippen molar-refractivity contribution in [1.82, 2.24) is 14.9 Å². The van der Waals surface area contributed by atoms with Crippen molar-refractivity contribution in [2.75, 3.05) is 13.2 Å². The number of benzene rings is 1. The van der Waals surface area contributed by atoms with E-state index in [1.54, 1.807) is 31.3 Å². The molecular weight excluding hydrogens is 342 g/mol. The lowest BCUT2D eigenvalue weighted by atomic mass is 10.1. The SMILES string of the molecule is CCNC(=O)c1c(O)c2cccc3c2n(c1=O)C(c1nccs1)CO3. The molecule has 2 N–H and O–H groups in total. The largest absolute Gasteiger partial charge is 0.506 e. The number of nitrogens with one attached hydrogen (secondary N) is 1. The van der Waals surface area contributed by atoms with E-state index in [0.717, 1.165) is 0 Å². The fourth-order valence-corrected chi connectivity index (χ4v) is 3.82. The number of thiazole rings is 1. The standard InChI is InChI=1S/C17H15N3O4S/c1-2-18-15(22)12-14(21)9-4-3-5-11-13(9)20(17(12)23)10(8-24-11)16-19-6-7-25-16/h3-7,10,21H,2,8H2,1H3,(H,18,22). The molecule has 0 spiro atoms. The van der Waals surface area contributed by atoms with E-state index >= 15 is 0 Å². The van der Waals surface area contributed by atoms with Gasteiger partial charge in [0.15, 0.2) is 0 Å². The summed E-state index contributed by atoms with van der Waals surface area (Å²) in [6.07, 6.45) is 1.66. The van der Waals surface area contributed by atoms with Gasteiger partial charge in [0.2, 0.25) is 0 Å². The summed E-state index contributed by atoms with van der Waals surface area (Å²) in [6, 6.07) is 4.68. The van der Waals surface area contributed by atoms with Gasteiger partial charge in [-0.05, 0) is 19.1 Å². The lowest BCUT2D eigenvalue weighted by molar-refractivity contribution is 0.0950. The first-order chi connectivity index (χ1) is 12.1. The molecular formula is C17H15N3O4S. The Balaban J connectivity index is 2.09. The van der Waals surface area contributed by atoms with Gasteiger partial charge in [-0.3, -0.25) is 14.2 Å². The molecule has 25 heavy (non-hydrogen) atoms. The molecule has 0 saturated heterocycles. The average Bonchev–Trinajstić information content (AvgIpc) is 3.14. The van der Waals surface area contributed by atoms with Gasteiger partial charge in [-0.15, -0.1) is 11.3 Å². The number of amides is 1. The van der Waals surface area contributed by atoms with Crippen LogP contribution in [0.25, 0.3) is 10.9 Å². The van der Waals surface area contributed by atoms with Crippen molar-refractivity contribution < 1.29 is 14.6 Å². The fourth-order valence-electron chi connectivity index (χ4n) is 3.11. The molecule has 1 aliphatic heterocycles. The zero-order chi connectivity index (χ0) is 17.6. The van der Waals surface area contributed by atoms with Crippen molar-refractivity contribution in [3.63, 3.8) is 0 Å². The predicted octanol–water partition coefficient (Wildman–Crippen LogP) is 1.90. The Hall–Kier alpha value is -2.87. The molecule has 7 nitrogen and oxygen atoms in total. The smallest absolute Gasteiger partial charge is 0.268 e. The van der Waals surface area contributed by atoms with Crippen molar-refractivity contribution >= 4 is 28.1 Å². The number of para-hydroxylation sites is 1. The zero-order valence-corrected chi connectivity index (χ0v) is 14.2. The molecule has 3 aromatic rings. The molecule has 1 unspecified atom stereocenters. The van der Waals surface area contributed by atoms with E-state index in [1.165, 1.54) is 15.9 Å². The Kier molecular flexibility index (Phi) is 3.69. The van der Waals surface area contributed by atoms with Crippen LogP contribution >= 0.6 is 11.3 Å². The minimum Gasteiger partial charge on any atom is -0.506 e. The third-order valence-electron chi connectivity index (χ3n) is 4.17. The number of carbonyl (C=O) groups is 1. The van der Waals surface area contributed by atoms with Gasteiger partial charge < -0.3 is 15.2 Å². The molecule has 8 heteroatoms. The summed E-state index contributed by atoms with van der Waals surface area (Å²) in [6.45, 7) is 2.34. The monoisotopic (exact) mass is 357 g/mol. The van der Waals surface area contributed by atoms with Crippen molar-refractivity contribution in [2.24, 2.45) is 0 Å². The number of aromatic nitrogens is 2. The molecule has 1 atom stereocenters. The summed E-state index contributed by atoms with van der Waals surface area (Å²) in [7, 11) is 0. The van der Waals surface area contributed by atoms with Crippen molar-refractivity contribution in [3.8, 4) is 11.5 Å². The van der Waals surface area contributed by atoms with Crippen LogP contribution in [0.4, 0.5) is 0 Å². The number of hydrogen-bond donors (Lipinski definition) is 2. The van der Waals surface area contributed by atoms with Crippen LogP contribution in [0.15, 0.2) is 34.6 Å². The first kappa shape index (κ1) is 15.6. The van der Waals surface area contributed by atoms with E-state index < -0.39 is 17.5 Å². The second kappa shape index (κ2) is 5.89. The van der Waals surface area contributed by atoms with Gasteiger partial charge in [-0.1, -0.05) is 6.07 Å². The summed E-state index contributed by atoms with van der Waals surface area (Å²) in [4.78, 5) is 29.8. The topological polar surface area (TPSA) is 93.5 Å². The van der Waals surface area contributed by atoms with Crippen LogP contribution in [0.1, 0.15) is 28.3 Å². The normalized spacial score (nSPS) is 15.8. The first-order valence-electron chi connectivity index (χ1n) is 7.84. The number of hydrogen-bond acceptors (Lipinski definition) is 6. The number of aromatic hydroxyl groups is 1. The molecule has 0 bridgehead atoms. The van der Waals surface area contributed by atoms with Crippen molar-refractivity contribution in [3.05, 3.63) is 50.7 Å². The minimum absolute atomic E-state index is 0.235. The molecule has 0 fully saturated rings. The van der Waals surface area contributed by atoms with Crippen LogP contribution < -0.4 is 15.6 Å². The van der Waals surface area contributed by atoms with Gasteiger partial charge in [0, 0.05) is 23.5 Å². The maximum absolute atomic E-state index is 13.1. The van der Waals surface area contributed by atoms with Gasteiger partial charge in [-0.25, -0.2) is 4.98 Å². The van der Waals surface area contributed by atoms with Gasteiger partial charge in [0.05, 0.1) is 5.52 Å². The van der Waals surface area contributed by atoms with E-state index in [4.69, 9.17) is 4.74 Å². The number of rotatable bonds is 3. The highest BCUT2D eigenvalue weighted by Gasteiger charge is 2.32. The lowest BCUT2D eigenvalue weighted by Crippen LogP contribution is -2.38. The zero-order valence-electron chi connectivity index (χ0n) is 13.4. The van der Waals surface area contributed by atoms with E-state index in [1.807, 2.05) is 5.38 Å². The van der Waals surface area contributed by atoms with E-state index in [2.05, 4.69) is 10.3 Å². The minimum atomic E-state index is -0.592. The summed E-state index contributed by atoms with van der Waals surface area (Å²) in [5.41, 5.74) is -0.327. The summed E-state index contributed by atoms with van der Waals surface area (Å²) in [5.74, 6) is -0.418. The van der Waals surface area contributed by atoms with Crippen LogP contribution in [0.5, 0.6) is 11.5 Å². The van der Waals surface area contributed by atoms with E-state index in [0.29, 0.717) is 28.2 Å².